The summed E-state index contributed by atoms with van der Waals surface area (Å²) in [7, 11) is 0. The van der Waals surface area contributed by atoms with E-state index < -0.39 is 0 Å². The van der Waals surface area contributed by atoms with Gasteiger partial charge in [0.05, 0.1) is 10.9 Å². The molecular formula is C24H31N3O. The number of rotatable bonds is 10. The first-order chi connectivity index (χ1) is 13.7. The van der Waals surface area contributed by atoms with Crippen molar-refractivity contribution in [3.63, 3.8) is 0 Å². The van der Waals surface area contributed by atoms with Gasteiger partial charge in [-0.3, -0.25) is 9.36 Å². The number of unbranched alkanes of at least 4 members (excludes halogenated alkanes) is 2. The number of nitrogens with zero attached hydrogens (tertiary/aromatic N) is 3. The van der Waals surface area contributed by atoms with Crippen LogP contribution in [-0.4, -0.2) is 34.1 Å². The zero-order valence-corrected chi connectivity index (χ0v) is 17.1. The quantitative estimate of drug-likeness (QED) is 0.501. The normalized spacial score (nSPS) is 11.4. The number of para-hydroxylation sites is 1. The van der Waals surface area contributed by atoms with E-state index in [1.165, 1.54) is 25.7 Å². The lowest BCUT2D eigenvalue weighted by Crippen LogP contribution is -2.33. The fourth-order valence-corrected chi connectivity index (χ4v) is 3.52. The van der Waals surface area contributed by atoms with E-state index in [0.717, 1.165) is 36.5 Å². The molecule has 0 aliphatic heterocycles. The van der Waals surface area contributed by atoms with Gasteiger partial charge in [-0.2, -0.15) is 0 Å². The average molecular weight is 378 g/mol. The van der Waals surface area contributed by atoms with E-state index in [1.54, 1.807) is 0 Å². The highest BCUT2D eigenvalue weighted by Gasteiger charge is 2.14. The van der Waals surface area contributed by atoms with Crippen molar-refractivity contribution in [1.82, 2.24) is 14.5 Å². The maximum atomic E-state index is 13.3. The van der Waals surface area contributed by atoms with E-state index in [0.29, 0.717) is 11.9 Å². The summed E-state index contributed by atoms with van der Waals surface area (Å²) in [5, 5.41) is 0.691. The Balaban J connectivity index is 1.96. The lowest BCUT2D eigenvalue weighted by atomic mass is 10.1. The Hall–Kier alpha value is -2.46. The first-order valence-electron chi connectivity index (χ1n) is 10.5. The maximum Gasteiger partial charge on any atom is 0.261 e. The summed E-state index contributed by atoms with van der Waals surface area (Å²) >= 11 is 0. The molecule has 0 bridgehead atoms. The molecule has 0 amide bonds. The molecule has 0 spiro atoms. The molecule has 1 heterocycles. The largest absolute Gasteiger partial charge is 0.302 e. The Morgan fingerprint density at radius 1 is 0.857 bits per heavy atom. The molecule has 3 aromatic rings. The Morgan fingerprint density at radius 2 is 1.50 bits per heavy atom. The maximum absolute atomic E-state index is 13.3. The molecule has 0 radical (unpaired) electrons. The molecule has 0 unspecified atom stereocenters. The van der Waals surface area contributed by atoms with Crippen molar-refractivity contribution in [3.8, 4) is 11.4 Å². The number of hydrogen-bond acceptors (Lipinski definition) is 3. The van der Waals surface area contributed by atoms with Crippen LogP contribution in [0.25, 0.3) is 22.3 Å². The van der Waals surface area contributed by atoms with Gasteiger partial charge in [0.1, 0.15) is 5.82 Å². The summed E-state index contributed by atoms with van der Waals surface area (Å²) in [4.78, 5) is 20.6. The van der Waals surface area contributed by atoms with Crippen LogP contribution < -0.4 is 5.56 Å². The molecule has 0 atom stereocenters. The molecule has 0 saturated carbocycles. The second-order valence-corrected chi connectivity index (χ2v) is 7.32. The second kappa shape index (κ2) is 10.2. The molecule has 0 saturated heterocycles. The Morgan fingerprint density at radius 3 is 2.18 bits per heavy atom. The van der Waals surface area contributed by atoms with Crippen molar-refractivity contribution in [2.45, 2.75) is 46.1 Å². The van der Waals surface area contributed by atoms with E-state index in [2.05, 4.69) is 18.7 Å². The van der Waals surface area contributed by atoms with Gasteiger partial charge >= 0.3 is 0 Å². The van der Waals surface area contributed by atoms with E-state index >= 15 is 0 Å². The Labute approximate surface area is 167 Å². The minimum atomic E-state index is 0.0513. The highest BCUT2D eigenvalue weighted by atomic mass is 16.1. The van der Waals surface area contributed by atoms with Crippen LogP contribution in [0.5, 0.6) is 0 Å². The van der Waals surface area contributed by atoms with Crippen molar-refractivity contribution < 1.29 is 0 Å². The fourth-order valence-electron chi connectivity index (χ4n) is 3.52. The van der Waals surface area contributed by atoms with Crippen LogP contribution in [0, 0.1) is 0 Å². The van der Waals surface area contributed by atoms with Crippen LogP contribution in [0.1, 0.15) is 39.5 Å². The third kappa shape index (κ3) is 4.87. The van der Waals surface area contributed by atoms with Crippen LogP contribution in [0.4, 0.5) is 0 Å². The minimum absolute atomic E-state index is 0.0513. The molecule has 2 aromatic carbocycles. The van der Waals surface area contributed by atoms with E-state index in [1.807, 2.05) is 59.2 Å². The van der Waals surface area contributed by atoms with E-state index in [9.17, 15) is 4.79 Å². The minimum Gasteiger partial charge on any atom is -0.302 e. The number of hydrogen-bond donors (Lipinski definition) is 0. The molecule has 148 valence electrons. The van der Waals surface area contributed by atoms with E-state index in [-0.39, 0.29) is 5.56 Å². The van der Waals surface area contributed by atoms with Crippen LogP contribution in [0.2, 0.25) is 0 Å². The van der Waals surface area contributed by atoms with Crippen molar-refractivity contribution in [1.29, 1.82) is 0 Å². The summed E-state index contributed by atoms with van der Waals surface area (Å²) in [6, 6.07) is 17.7. The highest BCUT2D eigenvalue weighted by molar-refractivity contribution is 5.79. The molecule has 0 fully saturated rings. The summed E-state index contributed by atoms with van der Waals surface area (Å²) in [5.74, 6) is 0.759. The van der Waals surface area contributed by atoms with Crippen LogP contribution in [-0.2, 0) is 6.54 Å². The van der Waals surface area contributed by atoms with Gasteiger partial charge in [-0.25, -0.2) is 4.98 Å². The molecular weight excluding hydrogens is 346 g/mol. The lowest BCUT2D eigenvalue weighted by Gasteiger charge is -2.23. The zero-order chi connectivity index (χ0) is 19.8. The van der Waals surface area contributed by atoms with Gasteiger partial charge in [0.25, 0.3) is 5.56 Å². The highest BCUT2D eigenvalue weighted by Crippen LogP contribution is 2.18. The predicted octanol–water partition coefficient (Wildman–Crippen LogP) is 4.97. The van der Waals surface area contributed by atoms with Gasteiger partial charge in [-0.15, -0.1) is 0 Å². The number of aromatic nitrogens is 2. The van der Waals surface area contributed by atoms with Crippen LogP contribution in [0.3, 0.4) is 0 Å². The summed E-state index contributed by atoms with van der Waals surface area (Å²) in [6.45, 7) is 8.17. The SMILES string of the molecule is CCCCN(CCCC)CCn1c(-c2ccccc2)nc2ccccc2c1=O. The Kier molecular flexibility index (Phi) is 7.38. The van der Waals surface area contributed by atoms with Gasteiger partial charge in [0.15, 0.2) is 0 Å². The Bertz CT molecular complexity index is 925. The van der Waals surface area contributed by atoms with Crippen molar-refractivity contribution in [3.05, 3.63) is 65.0 Å². The first-order valence-corrected chi connectivity index (χ1v) is 10.5. The zero-order valence-electron chi connectivity index (χ0n) is 17.1. The molecule has 0 aliphatic rings. The molecule has 0 aliphatic carbocycles. The number of fused-ring (bicyclic) bond motifs is 1. The van der Waals surface area contributed by atoms with Crippen LogP contribution >= 0.6 is 0 Å². The summed E-state index contributed by atoms with van der Waals surface area (Å²) < 4.78 is 1.86. The fraction of sp³-hybridized carbons (Fsp3) is 0.417. The second-order valence-electron chi connectivity index (χ2n) is 7.32. The third-order valence-corrected chi connectivity index (χ3v) is 5.19. The van der Waals surface area contributed by atoms with Gasteiger partial charge in [0, 0.05) is 18.7 Å². The summed E-state index contributed by atoms with van der Waals surface area (Å²) in [6.07, 6.45) is 4.77. The van der Waals surface area contributed by atoms with E-state index in [4.69, 9.17) is 4.98 Å². The lowest BCUT2D eigenvalue weighted by molar-refractivity contribution is 0.254. The standard InChI is InChI=1S/C24H31N3O/c1-3-5-16-26(17-6-4-2)18-19-27-23(20-12-8-7-9-13-20)25-22-15-11-10-14-21(22)24(27)28/h7-15H,3-6,16-19H2,1-2H3. The summed E-state index contributed by atoms with van der Waals surface area (Å²) in [5.41, 5.74) is 1.80. The van der Waals surface area contributed by atoms with Crippen LogP contribution in [0.15, 0.2) is 59.4 Å². The van der Waals surface area contributed by atoms with Gasteiger partial charge in [0.2, 0.25) is 0 Å². The molecule has 28 heavy (non-hydrogen) atoms. The predicted molar refractivity (Wildman–Crippen MR) is 118 cm³/mol. The first kappa shape index (κ1) is 20.3. The van der Waals surface area contributed by atoms with Crippen molar-refractivity contribution >= 4 is 10.9 Å². The smallest absolute Gasteiger partial charge is 0.261 e. The molecule has 4 nitrogen and oxygen atoms in total. The average Bonchev–Trinajstić information content (AvgIpc) is 2.74. The monoisotopic (exact) mass is 377 g/mol. The van der Waals surface area contributed by atoms with Crippen molar-refractivity contribution in [2.75, 3.05) is 19.6 Å². The topological polar surface area (TPSA) is 38.1 Å². The van der Waals surface area contributed by atoms with Gasteiger partial charge in [-0.1, -0.05) is 69.2 Å². The molecule has 3 rings (SSSR count). The van der Waals surface area contributed by atoms with Gasteiger partial charge < -0.3 is 4.90 Å². The molecule has 4 heteroatoms. The molecule has 1 aromatic heterocycles. The van der Waals surface area contributed by atoms with Crippen molar-refractivity contribution in [2.24, 2.45) is 0 Å². The van der Waals surface area contributed by atoms with Gasteiger partial charge in [-0.05, 0) is 38.1 Å². The number of benzene rings is 2. The third-order valence-electron chi connectivity index (χ3n) is 5.19. The molecule has 0 N–H and O–H groups in total.